The second-order valence-corrected chi connectivity index (χ2v) is 5.22. The number of hydrogen-bond acceptors (Lipinski definition) is 5. The first-order valence-corrected chi connectivity index (χ1v) is 7.42. The van der Waals surface area contributed by atoms with Crippen LogP contribution in [0.25, 0.3) is 0 Å². The van der Waals surface area contributed by atoms with Crippen LogP contribution in [-0.2, 0) is 6.61 Å². The van der Waals surface area contributed by atoms with Crippen LogP contribution >= 0.6 is 0 Å². The second kappa shape index (κ2) is 7.32. The first kappa shape index (κ1) is 15.6. The van der Waals surface area contributed by atoms with Gasteiger partial charge in [-0.15, -0.1) is 0 Å². The molecule has 1 N–H and O–H groups in total. The molecule has 0 saturated carbocycles. The molecule has 0 aliphatic carbocycles. The molecule has 120 valence electrons. The number of aryl methyl sites for hydroxylation is 1. The third kappa shape index (κ3) is 4.13. The van der Waals surface area contributed by atoms with Crippen molar-refractivity contribution in [2.75, 3.05) is 5.32 Å². The Balaban J connectivity index is 1.60. The lowest BCUT2D eigenvalue weighted by Crippen LogP contribution is -2.14. The lowest BCUT2D eigenvalue weighted by Gasteiger charge is -2.07. The first-order valence-electron chi connectivity index (χ1n) is 7.42. The largest absolute Gasteiger partial charge is 0.472 e. The van der Waals surface area contributed by atoms with Crippen molar-refractivity contribution in [1.29, 1.82) is 0 Å². The van der Waals surface area contributed by atoms with Gasteiger partial charge in [0.1, 0.15) is 12.3 Å². The number of aromatic nitrogens is 3. The average molecular weight is 320 g/mol. The Morgan fingerprint density at radius 1 is 1.08 bits per heavy atom. The Bertz CT molecular complexity index is 820. The van der Waals surface area contributed by atoms with E-state index in [-0.39, 0.29) is 11.6 Å². The molecule has 0 unspecified atom stereocenters. The van der Waals surface area contributed by atoms with Crippen LogP contribution in [0.4, 0.5) is 5.69 Å². The van der Waals surface area contributed by atoms with Crippen molar-refractivity contribution in [3.05, 3.63) is 78.0 Å². The fourth-order valence-corrected chi connectivity index (χ4v) is 2.06. The normalized spacial score (nSPS) is 10.2. The molecule has 2 heterocycles. The summed E-state index contributed by atoms with van der Waals surface area (Å²) in [5.74, 6) is 0.0251. The van der Waals surface area contributed by atoms with Gasteiger partial charge in [-0.2, -0.15) is 0 Å². The van der Waals surface area contributed by atoms with E-state index in [0.29, 0.717) is 18.2 Å². The van der Waals surface area contributed by atoms with E-state index in [1.54, 1.807) is 12.4 Å². The standard InChI is InChI=1S/C18H16N4O2/c1-13-7-15(9-19-8-13)22-18(23)16-10-21-17(11-20-16)24-12-14-5-3-2-4-6-14/h2-11H,12H2,1H3,(H,22,23). The smallest absolute Gasteiger partial charge is 0.275 e. The minimum atomic E-state index is -0.343. The third-order valence-corrected chi connectivity index (χ3v) is 3.22. The highest BCUT2D eigenvalue weighted by Gasteiger charge is 2.09. The van der Waals surface area contributed by atoms with Gasteiger partial charge in [-0.25, -0.2) is 9.97 Å². The maximum absolute atomic E-state index is 12.1. The lowest BCUT2D eigenvalue weighted by molar-refractivity contribution is 0.102. The SMILES string of the molecule is Cc1cncc(NC(=O)c2cnc(OCc3ccccc3)cn2)c1. The van der Waals surface area contributed by atoms with Crippen molar-refractivity contribution in [2.45, 2.75) is 13.5 Å². The Hall–Kier alpha value is -3.28. The van der Waals surface area contributed by atoms with Gasteiger partial charge < -0.3 is 10.1 Å². The van der Waals surface area contributed by atoms with Crippen LogP contribution in [-0.4, -0.2) is 20.9 Å². The lowest BCUT2D eigenvalue weighted by atomic mass is 10.2. The summed E-state index contributed by atoms with van der Waals surface area (Å²) >= 11 is 0. The Morgan fingerprint density at radius 2 is 1.92 bits per heavy atom. The van der Waals surface area contributed by atoms with E-state index in [1.165, 1.54) is 12.4 Å². The number of nitrogens with one attached hydrogen (secondary N) is 1. The molecule has 0 radical (unpaired) electrons. The molecule has 0 spiro atoms. The van der Waals surface area contributed by atoms with Gasteiger partial charge >= 0.3 is 0 Å². The van der Waals surface area contributed by atoms with Crippen molar-refractivity contribution in [3.8, 4) is 5.88 Å². The highest BCUT2D eigenvalue weighted by molar-refractivity contribution is 6.02. The summed E-state index contributed by atoms with van der Waals surface area (Å²) in [5, 5.41) is 2.73. The summed E-state index contributed by atoms with van der Waals surface area (Å²) in [6.45, 7) is 2.30. The zero-order chi connectivity index (χ0) is 16.8. The molecule has 6 nitrogen and oxygen atoms in total. The number of pyridine rings is 1. The molecule has 6 heteroatoms. The van der Waals surface area contributed by atoms with Gasteiger partial charge in [-0.3, -0.25) is 9.78 Å². The molecule has 0 atom stereocenters. The topological polar surface area (TPSA) is 77.0 Å². The van der Waals surface area contributed by atoms with Crippen LogP contribution in [0.1, 0.15) is 21.6 Å². The third-order valence-electron chi connectivity index (χ3n) is 3.22. The number of rotatable bonds is 5. The van der Waals surface area contributed by atoms with Crippen molar-refractivity contribution in [1.82, 2.24) is 15.0 Å². The maximum atomic E-state index is 12.1. The number of anilines is 1. The van der Waals surface area contributed by atoms with Gasteiger partial charge in [0.15, 0.2) is 0 Å². The molecule has 24 heavy (non-hydrogen) atoms. The zero-order valence-electron chi connectivity index (χ0n) is 13.1. The molecule has 0 bridgehead atoms. The predicted octanol–water partition coefficient (Wildman–Crippen LogP) is 3.01. The maximum Gasteiger partial charge on any atom is 0.275 e. The molecule has 3 aromatic rings. The molecule has 0 saturated heterocycles. The summed E-state index contributed by atoms with van der Waals surface area (Å²) in [6.07, 6.45) is 6.12. The zero-order valence-corrected chi connectivity index (χ0v) is 13.1. The molecular weight excluding hydrogens is 304 g/mol. The summed E-state index contributed by atoms with van der Waals surface area (Å²) in [5.41, 5.74) is 2.83. The van der Waals surface area contributed by atoms with Crippen LogP contribution in [0, 0.1) is 6.92 Å². The van der Waals surface area contributed by atoms with E-state index in [1.807, 2.05) is 43.3 Å². The molecular formula is C18H16N4O2. The summed E-state index contributed by atoms with van der Waals surface area (Å²) < 4.78 is 5.55. The minimum absolute atomic E-state index is 0.212. The number of carbonyl (C=O) groups is 1. The first-order chi connectivity index (χ1) is 11.7. The molecule has 0 fully saturated rings. The van der Waals surface area contributed by atoms with Crippen molar-refractivity contribution in [2.24, 2.45) is 0 Å². The van der Waals surface area contributed by atoms with Crippen LogP contribution in [0.2, 0.25) is 0 Å². The molecule has 0 aliphatic rings. The predicted molar refractivity (Wildman–Crippen MR) is 89.7 cm³/mol. The monoisotopic (exact) mass is 320 g/mol. The molecule has 1 amide bonds. The number of carbonyl (C=O) groups excluding carboxylic acids is 1. The molecule has 2 aromatic heterocycles. The van der Waals surface area contributed by atoms with Crippen LogP contribution < -0.4 is 10.1 Å². The van der Waals surface area contributed by atoms with E-state index in [2.05, 4.69) is 20.3 Å². The van der Waals surface area contributed by atoms with Gasteiger partial charge in [0, 0.05) is 6.20 Å². The van der Waals surface area contributed by atoms with E-state index >= 15 is 0 Å². The van der Waals surface area contributed by atoms with Gasteiger partial charge in [0.25, 0.3) is 5.91 Å². The Kier molecular flexibility index (Phi) is 4.76. The number of ether oxygens (including phenoxy) is 1. The highest BCUT2D eigenvalue weighted by atomic mass is 16.5. The highest BCUT2D eigenvalue weighted by Crippen LogP contribution is 2.11. The van der Waals surface area contributed by atoms with Crippen LogP contribution in [0.3, 0.4) is 0 Å². The summed E-state index contributed by atoms with van der Waals surface area (Å²) in [4.78, 5) is 24.4. The van der Waals surface area contributed by atoms with Crippen LogP contribution in [0.5, 0.6) is 5.88 Å². The van der Waals surface area contributed by atoms with Crippen molar-refractivity contribution >= 4 is 11.6 Å². The minimum Gasteiger partial charge on any atom is -0.472 e. The van der Waals surface area contributed by atoms with Crippen molar-refractivity contribution in [3.63, 3.8) is 0 Å². The van der Waals surface area contributed by atoms with E-state index in [9.17, 15) is 4.79 Å². The van der Waals surface area contributed by atoms with Crippen molar-refractivity contribution < 1.29 is 9.53 Å². The summed E-state index contributed by atoms with van der Waals surface area (Å²) in [6, 6.07) is 11.6. The number of hydrogen-bond donors (Lipinski definition) is 1. The molecule has 1 aromatic carbocycles. The molecule has 3 rings (SSSR count). The van der Waals surface area contributed by atoms with E-state index in [0.717, 1.165) is 11.1 Å². The fraction of sp³-hybridized carbons (Fsp3) is 0.111. The van der Waals surface area contributed by atoms with E-state index in [4.69, 9.17) is 4.74 Å². The van der Waals surface area contributed by atoms with Gasteiger partial charge in [0.05, 0.1) is 24.3 Å². The number of amides is 1. The Labute approximate surface area is 139 Å². The molecule has 0 aliphatic heterocycles. The second-order valence-electron chi connectivity index (χ2n) is 5.22. The average Bonchev–Trinajstić information content (AvgIpc) is 2.61. The fourth-order valence-electron chi connectivity index (χ4n) is 2.06. The quantitative estimate of drug-likeness (QED) is 0.782. The van der Waals surface area contributed by atoms with Crippen LogP contribution in [0.15, 0.2) is 61.2 Å². The van der Waals surface area contributed by atoms with E-state index < -0.39 is 0 Å². The summed E-state index contributed by atoms with van der Waals surface area (Å²) in [7, 11) is 0. The van der Waals surface area contributed by atoms with Gasteiger partial charge in [-0.05, 0) is 24.1 Å². The Morgan fingerprint density at radius 3 is 2.62 bits per heavy atom. The van der Waals surface area contributed by atoms with Gasteiger partial charge in [0.2, 0.25) is 5.88 Å². The number of benzene rings is 1. The number of nitrogens with zero attached hydrogens (tertiary/aromatic N) is 3. The van der Waals surface area contributed by atoms with Gasteiger partial charge in [-0.1, -0.05) is 30.3 Å².